The van der Waals surface area contributed by atoms with Gasteiger partial charge in [-0.15, -0.1) is 0 Å². The molecule has 3 aromatic carbocycles. The minimum Gasteiger partial charge on any atom is -0.301 e. The summed E-state index contributed by atoms with van der Waals surface area (Å²) in [5.74, 6) is -0.201. The van der Waals surface area contributed by atoms with Crippen molar-refractivity contribution in [3.63, 3.8) is 0 Å². The Labute approximate surface area is 165 Å². The summed E-state index contributed by atoms with van der Waals surface area (Å²) in [6, 6.07) is 24.2. The highest BCUT2D eigenvalue weighted by molar-refractivity contribution is 6.14. The monoisotopic (exact) mass is 370 g/mol. The van der Waals surface area contributed by atoms with Crippen molar-refractivity contribution in [2.45, 2.75) is 19.9 Å². The lowest BCUT2D eigenvalue weighted by molar-refractivity contribution is -0.128. The summed E-state index contributed by atoms with van der Waals surface area (Å²) in [5, 5.41) is 0. The van der Waals surface area contributed by atoms with Crippen LogP contribution in [0.5, 0.6) is 0 Å². The first-order valence-electron chi connectivity index (χ1n) is 9.36. The zero-order valence-electron chi connectivity index (χ0n) is 16.0. The fourth-order valence-electron chi connectivity index (χ4n) is 3.56. The molecule has 1 aliphatic rings. The van der Waals surface area contributed by atoms with E-state index in [4.69, 9.17) is 0 Å². The van der Waals surface area contributed by atoms with Gasteiger partial charge in [0.05, 0.1) is 0 Å². The Morgan fingerprint density at radius 3 is 1.82 bits per heavy atom. The molecule has 2 amide bonds. The van der Waals surface area contributed by atoms with Gasteiger partial charge in [0.2, 0.25) is 5.91 Å². The summed E-state index contributed by atoms with van der Waals surface area (Å²) in [7, 11) is 0. The highest BCUT2D eigenvalue weighted by Crippen LogP contribution is 2.34. The fraction of sp³-hybridized carbons (Fsp3) is 0.167. The number of nitrogens with zero attached hydrogens (tertiary/aromatic N) is 2. The number of rotatable bonds is 3. The lowest BCUT2D eigenvalue weighted by Crippen LogP contribution is -2.56. The van der Waals surface area contributed by atoms with E-state index in [0.717, 1.165) is 28.1 Å². The van der Waals surface area contributed by atoms with Crippen molar-refractivity contribution >= 4 is 23.2 Å². The van der Waals surface area contributed by atoms with E-state index in [9.17, 15) is 9.59 Å². The summed E-state index contributed by atoms with van der Waals surface area (Å²) in [6.45, 7) is 4.03. The Hall–Kier alpha value is -3.40. The van der Waals surface area contributed by atoms with E-state index in [-0.39, 0.29) is 18.4 Å². The Morgan fingerprint density at radius 2 is 1.25 bits per heavy atom. The minimum atomic E-state index is -0.688. The van der Waals surface area contributed by atoms with E-state index in [2.05, 4.69) is 0 Å². The third-order valence-corrected chi connectivity index (χ3v) is 5.09. The Bertz CT molecular complexity index is 995. The predicted octanol–water partition coefficient (Wildman–Crippen LogP) is 4.42. The van der Waals surface area contributed by atoms with Crippen LogP contribution in [0.3, 0.4) is 0 Å². The second kappa shape index (κ2) is 7.31. The molecule has 4 nitrogen and oxygen atoms in total. The van der Waals surface area contributed by atoms with Crippen LogP contribution < -0.4 is 9.80 Å². The number of amides is 2. The summed E-state index contributed by atoms with van der Waals surface area (Å²) in [5.41, 5.74) is 4.51. The van der Waals surface area contributed by atoms with E-state index >= 15 is 0 Å². The molecule has 0 bridgehead atoms. The van der Waals surface area contributed by atoms with Crippen LogP contribution in [0.15, 0.2) is 78.9 Å². The van der Waals surface area contributed by atoms with E-state index in [1.54, 1.807) is 9.80 Å². The third-order valence-electron chi connectivity index (χ3n) is 5.09. The number of hydrogen-bond acceptors (Lipinski definition) is 2. The Balaban J connectivity index is 1.79. The molecule has 3 aromatic rings. The zero-order valence-corrected chi connectivity index (χ0v) is 16.0. The SMILES string of the molecule is Cc1ccc(N2CC(=O)N(c3ccc(C)cc3)C(c3ccccc3)C2=O)cc1. The van der Waals surface area contributed by atoms with E-state index in [1.807, 2.05) is 92.7 Å². The first-order chi connectivity index (χ1) is 13.5. The van der Waals surface area contributed by atoms with Crippen molar-refractivity contribution in [2.24, 2.45) is 0 Å². The first kappa shape index (κ1) is 18.0. The topological polar surface area (TPSA) is 40.6 Å². The highest BCUT2D eigenvalue weighted by atomic mass is 16.2. The van der Waals surface area contributed by atoms with Gasteiger partial charge in [-0.25, -0.2) is 0 Å². The summed E-state index contributed by atoms with van der Waals surface area (Å²) in [4.78, 5) is 29.9. The number of anilines is 2. The lowest BCUT2D eigenvalue weighted by atomic mass is 9.99. The average Bonchev–Trinajstić information content (AvgIpc) is 2.71. The number of hydrogen-bond donors (Lipinski definition) is 0. The van der Waals surface area contributed by atoms with Crippen LogP contribution in [0.25, 0.3) is 0 Å². The summed E-state index contributed by atoms with van der Waals surface area (Å²) >= 11 is 0. The Kier molecular flexibility index (Phi) is 4.70. The molecule has 28 heavy (non-hydrogen) atoms. The molecule has 0 N–H and O–H groups in total. The van der Waals surface area contributed by atoms with Crippen LogP contribution >= 0.6 is 0 Å². The molecule has 4 heteroatoms. The van der Waals surface area contributed by atoms with E-state index in [1.165, 1.54) is 0 Å². The normalized spacial score (nSPS) is 17.1. The van der Waals surface area contributed by atoms with Crippen molar-refractivity contribution in [1.29, 1.82) is 0 Å². The molecular formula is C24H22N2O2. The molecule has 0 radical (unpaired) electrons. The smallest absolute Gasteiger partial charge is 0.255 e. The van der Waals surface area contributed by atoms with Crippen LogP contribution in [0, 0.1) is 13.8 Å². The lowest BCUT2D eigenvalue weighted by Gasteiger charge is -2.40. The molecule has 0 spiro atoms. The molecule has 1 saturated heterocycles. The maximum absolute atomic E-state index is 13.5. The van der Waals surface area contributed by atoms with Crippen molar-refractivity contribution in [3.05, 3.63) is 95.6 Å². The van der Waals surface area contributed by atoms with Gasteiger partial charge >= 0.3 is 0 Å². The summed E-state index contributed by atoms with van der Waals surface area (Å²) < 4.78 is 0. The molecule has 0 saturated carbocycles. The Morgan fingerprint density at radius 1 is 0.714 bits per heavy atom. The van der Waals surface area contributed by atoms with Gasteiger partial charge in [-0.3, -0.25) is 14.5 Å². The first-order valence-corrected chi connectivity index (χ1v) is 9.36. The van der Waals surface area contributed by atoms with Gasteiger partial charge in [0.1, 0.15) is 12.6 Å². The van der Waals surface area contributed by atoms with Crippen LogP contribution in [0.4, 0.5) is 11.4 Å². The second-order valence-electron chi connectivity index (χ2n) is 7.17. The quantitative estimate of drug-likeness (QED) is 0.685. The number of carbonyl (C=O) groups excluding carboxylic acids is 2. The molecule has 0 aliphatic carbocycles. The molecule has 1 fully saturated rings. The minimum absolute atomic E-state index is 0.0269. The van der Waals surface area contributed by atoms with Crippen molar-refractivity contribution in [1.82, 2.24) is 0 Å². The van der Waals surface area contributed by atoms with Gasteiger partial charge in [-0.2, -0.15) is 0 Å². The number of aryl methyl sites for hydroxylation is 2. The van der Waals surface area contributed by atoms with Crippen LogP contribution in [0.1, 0.15) is 22.7 Å². The molecule has 0 aromatic heterocycles. The highest BCUT2D eigenvalue weighted by Gasteiger charge is 2.41. The van der Waals surface area contributed by atoms with Crippen molar-refractivity contribution < 1.29 is 9.59 Å². The maximum Gasteiger partial charge on any atom is 0.255 e. The van der Waals surface area contributed by atoms with E-state index < -0.39 is 6.04 Å². The molecule has 140 valence electrons. The van der Waals surface area contributed by atoms with Crippen LogP contribution in [-0.4, -0.2) is 18.4 Å². The molecule has 1 heterocycles. The molecule has 4 rings (SSSR count). The predicted molar refractivity (Wildman–Crippen MR) is 111 cm³/mol. The van der Waals surface area contributed by atoms with Gasteiger partial charge < -0.3 is 4.90 Å². The van der Waals surface area contributed by atoms with E-state index in [0.29, 0.717) is 0 Å². The molecule has 1 unspecified atom stereocenters. The molecule has 1 atom stereocenters. The average molecular weight is 370 g/mol. The van der Waals surface area contributed by atoms with Gasteiger partial charge in [-0.05, 0) is 43.7 Å². The zero-order chi connectivity index (χ0) is 19.7. The number of benzene rings is 3. The number of piperazine rings is 1. The van der Waals surface area contributed by atoms with Crippen LogP contribution in [-0.2, 0) is 9.59 Å². The maximum atomic E-state index is 13.5. The number of carbonyl (C=O) groups is 2. The van der Waals surface area contributed by atoms with Gasteiger partial charge in [0.25, 0.3) is 5.91 Å². The van der Waals surface area contributed by atoms with Gasteiger partial charge in [0.15, 0.2) is 0 Å². The van der Waals surface area contributed by atoms with Crippen LogP contribution in [0.2, 0.25) is 0 Å². The molecular weight excluding hydrogens is 348 g/mol. The molecule has 1 aliphatic heterocycles. The fourth-order valence-corrected chi connectivity index (χ4v) is 3.56. The van der Waals surface area contributed by atoms with Crippen molar-refractivity contribution in [2.75, 3.05) is 16.3 Å². The second-order valence-corrected chi connectivity index (χ2v) is 7.17. The van der Waals surface area contributed by atoms with Gasteiger partial charge in [0, 0.05) is 11.4 Å². The summed E-state index contributed by atoms with van der Waals surface area (Å²) in [6.07, 6.45) is 0. The van der Waals surface area contributed by atoms with Crippen molar-refractivity contribution in [3.8, 4) is 0 Å². The standard InChI is InChI=1S/C24H22N2O2/c1-17-8-12-20(13-9-17)25-16-22(27)26(21-14-10-18(2)11-15-21)23(24(25)28)19-6-4-3-5-7-19/h3-15,23H,16H2,1-2H3. The largest absolute Gasteiger partial charge is 0.301 e. The van der Waals surface area contributed by atoms with Gasteiger partial charge in [-0.1, -0.05) is 65.7 Å². The third kappa shape index (κ3) is 3.29.